The zero-order valence-electron chi connectivity index (χ0n) is 14.0. The molecule has 1 aliphatic rings. The predicted octanol–water partition coefficient (Wildman–Crippen LogP) is 0.0448. The van der Waals surface area contributed by atoms with Crippen LogP contribution in [0.15, 0.2) is 5.11 Å². The third-order valence-electron chi connectivity index (χ3n) is 3.02. The average Bonchev–Trinajstić information content (AvgIpc) is 2.49. The summed E-state index contributed by atoms with van der Waals surface area (Å²) in [5, 5.41) is 3.31. The molecule has 1 aliphatic heterocycles. The molecule has 2 N–H and O–H groups in total. The Labute approximate surface area is 148 Å². The number of esters is 3. The largest absolute Gasteiger partial charge is 0.456 e. The molecule has 1 rings (SSSR count). The van der Waals surface area contributed by atoms with Crippen molar-refractivity contribution >= 4 is 26.5 Å². The van der Waals surface area contributed by atoms with Gasteiger partial charge in [0.15, 0.2) is 18.3 Å². The Hall–Kier alpha value is -2.01. The Morgan fingerprint density at radius 2 is 1.54 bits per heavy atom. The first-order chi connectivity index (χ1) is 12.1. The number of rotatable bonds is 7. The molecule has 0 saturated carbocycles. The fourth-order valence-corrected chi connectivity index (χ4v) is 2.65. The van der Waals surface area contributed by atoms with Gasteiger partial charge in [-0.25, -0.2) is 0 Å². The number of carbonyl (C=O) groups is 3. The normalized spacial score (nSPS) is 28.0. The number of hydrogen-bond donors (Lipinski definition) is 2. The van der Waals surface area contributed by atoms with E-state index in [2.05, 4.69) is 10.0 Å². The molecule has 0 unspecified atom stereocenters. The Balaban J connectivity index is 3.30. The van der Waals surface area contributed by atoms with E-state index in [9.17, 15) is 14.4 Å². The first-order valence-corrected chi connectivity index (χ1v) is 8.34. The van der Waals surface area contributed by atoms with Gasteiger partial charge in [-0.2, -0.15) is 0 Å². The van der Waals surface area contributed by atoms with Gasteiger partial charge < -0.3 is 28.7 Å². The SMILES string of the molecule is CC(=O)O[C@H]1[C@@H](OC(C)=O)[C@@H](CN=[N+]=[N-])O[C@H](OP(O)O)[C@@H]1OC(C)=O. The minimum absolute atomic E-state index is 0.367. The fourth-order valence-electron chi connectivity index (χ4n) is 2.30. The minimum atomic E-state index is -2.95. The van der Waals surface area contributed by atoms with Crippen LogP contribution in [0, 0.1) is 0 Å². The Morgan fingerprint density at radius 1 is 1.04 bits per heavy atom. The van der Waals surface area contributed by atoms with Gasteiger partial charge in [-0.05, 0) is 5.53 Å². The smallest absolute Gasteiger partial charge is 0.329 e. The van der Waals surface area contributed by atoms with E-state index in [0.29, 0.717) is 0 Å². The van der Waals surface area contributed by atoms with Crippen molar-refractivity contribution in [3.05, 3.63) is 10.4 Å². The second kappa shape index (κ2) is 10.2. The van der Waals surface area contributed by atoms with E-state index in [1.165, 1.54) is 0 Å². The van der Waals surface area contributed by atoms with Crippen LogP contribution in [0.3, 0.4) is 0 Å². The van der Waals surface area contributed by atoms with Crippen LogP contribution in [0.2, 0.25) is 0 Å². The molecule has 0 amide bonds. The van der Waals surface area contributed by atoms with E-state index >= 15 is 0 Å². The maximum Gasteiger partial charge on any atom is 0.329 e. The third-order valence-corrected chi connectivity index (χ3v) is 3.42. The van der Waals surface area contributed by atoms with Gasteiger partial charge in [0.05, 0.1) is 6.54 Å². The van der Waals surface area contributed by atoms with Gasteiger partial charge >= 0.3 is 26.5 Å². The lowest BCUT2D eigenvalue weighted by Gasteiger charge is -2.43. The summed E-state index contributed by atoms with van der Waals surface area (Å²) >= 11 is 0. The van der Waals surface area contributed by atoms with Crippen molar-refractivity contribution in [1.29, 1.82) is 0 Å². The highest BCUT2D eigenvalue weighted by atomic mass is 31.2. The topological polar surface area (TPSA) is 187 Å². The minimum Gasteiger partial charge on any atom is -0.456 e. The zero-order chi connectivity index (χ0) is 19.9. The molecular weight excluding hydrogens is 377 g/mol. The fraction of sp³-hybridized carbons (Fsp3) is 0.750. The van der Waals surface area contributed by atoms with Crippen molar-refractivity contribution in [3.8, 4) is 0 Å². The molecule has 14 heteroatoms. The highest BCUT2D eigenvalue weighted by Gasteiger charge is 2.52. The molecule has 1 saturated heterocycles. The summed E-state index contributed by atoms with van der Waals surface area (Å²) in [5.74, 6) is -2.39. The van der Waals surface area contributed by atoms with Gasteiger partial charge in [-0.3, -0.25) is 18.9 Å². The first-order valence-electron chi connectivity index (χ1n) is 7.18. The lowest BCUT2D eigenvalue weighted by atomic mass is 9.98. The maximum atomic E-state index is 11.5. The summed E-state index contributed by atoms with van der Waals surface area (Å²) in [6.45, 7) is 2.83. The standard InChI is InChI=1S/C12H18N3O10P/c1-5(16)21-9-8(4-14-15-13)24-12(25-26(19)20)11(23-7(3)18)10(9)22-6(2)17/h8-12,19-20H,4H2,1-3H3/t8-,9+,10+,11-,12-/m1/s1. The Kier molecular flexibility index (Phi) is 8.66. The zero-order valence-corrected chi connectivity index (χ0v) is 14.9. The third kappa shape index (κ3) is 6.71. The van der Waals surface area contributed by atoms with Crippen molar-refractivity contribution in [2.75, 3.05) is 6.54 Å². The average molecular weight is 395 g/mol. The molecule has 0 aromatic carbocycles. The molecule has 0 bridgehead atoms. The van der Waals surface area contributed by atoms with E-state index < -0.39 is 57.2 Å². The van der Waals surface area contributed by atoms with Gasteiger partial charge in [0.25, 0.3) is 0 Å². The van der Waals surface area contributed by atoms with Crippen LogP contribution < -0.4 is 0 Å². The molecule has 1 heterocycles. The van der Waals surface area contributed by atoms with Crippen molar-refractivity contribution in [3.63, 3.8) is 0 Å². The van der Waals surface area contributed by atoms with E-state index in [1.807, 2.05) is 0 Å². The Bertz CT molecular complexity index is 582. The van der Waals surface area contributed by atoms with Crippen molar-refractivity contribution in [2.24, 2.45) is 5.11 Å². The summed E-state index contributed by atoms with van der Waals surface area (Å²) in [7, 11) is -2.95. The van der Waals surface area contributed by atoms with E-state index in [4.69, 9.17) is 38.8 Å². The van der Waals surface area contributed by atoms with Crippen molar-refractivity contribution < 1.29 is 47.6 Å². The number of nitrogens with zero attached hydrogens (tertiary/aromatic N) is 3. The van der Waals surface area contributed by atoms with Crippen LogP contribution in [0.25, 0.3) is 10.4 Å². The van der Waals surface area contributed by atoms with Crippen LogP contribution in [-0.2, 0) is 37.9 Å². The van der Waals surface area contributed by atoms with Crippen LogP contribution in [0.4, 0.5) is 0 Å². The molecule has 0 radical (unpaired) electrons. The van der Waals surface area contributed by atoms with Gasteiger partial charge in [0, 0.05) is 25.7 Å². The highest BCUT2D eigenvalue weighted by Crippen LogP contribution is 2.36. The van der Waals surface area contributed by atoms with Gasteiger partial charge in [-0.15, -0.1) is 0 Å². The number of carbonyl (C=O) groups excluding carboxylic acids is 3. The summed E-state index contributed by atoms with van der Waals surface area (Å²) in [5.41, 5.74) is 8.49. The van der Waals surface area contributed by atoms with Crippen LogP contribution in [0.1, 0.15) is 20.8 Å². The van der Waals surface area contributed by atoms with Gasteiger partial charge in [0.1, 0.15) is 6.10 Å². The first kappa shape index (κ1) is 22.0. The molecule has 0 aromatic heterocycles. The second-order valence-electron chi connectivity index (χ2n) is 5.04. The summed E-state index contributed by atoms with van der Waals surface area (Å²) in [6.07, 6.45) is -6.96. The van der Waals surface area contributed by atoms with Crippen LogP contribution in [0.5, 0.6) is 0 Å². The summed E-state index contributed by atoms with van der Waals surface area (Å²) in [4.78, 5) is 55.0. The van der Waals surface area contributed by atoms with Crippen molar-refractivity contribution in [1.82, 2.24) is 0 Å². The number of ether oxygens (including phenoxy) is 4. The molecule has 26 heavy (non-hydrogen) atoms. The summed E-state index contributed by atoms with van der Waals surface area (Å²) in [6, 6.07) is 0. The molecule has 0 aromatic rings. The monoisotopic (exact) mass is 395 g/mol. The van der Waals surface area contributed by atoms with E-state index in [0.717, 1.165) is 20.8 Å². The van der Waals surface area contributed by atoms with Crippen LogP contribution in [-0.4, -0.2) is 64.9 Å². The number of azide groups is 1. The molecule has 0 spiro atoms. The quantitative estimate of drug-likeness (QED) is 0.149. The van der Waals surface area contributed by atoms with Gasteiger partial charge in [0.2, 0.25) is 6.29 Å². The lowest BCUT2D eigenvalue weighted by Crippen LogP contribution is -2.62. The number of hydrogen-bond acceptors (Lipinski definition) is 11. The highest BCUT2D eigenvalue weighted by molar-refractivity contribution is 7.39. The molecule has 5 atom stereocenters. The molecular formula is C12H18N3O10P. The lowest BCUT2D eigenvalue weighted by molar-refractivity contribution is -0.282. The van der Waals surface area contributed by atoms with E-state index in [-0.39, 0.29) is 6.54 Å². The molecule has 13 nitrogen and oxygen atoms in total. The second-order valence-corrected chi connectivity index (χ2v) is 5.75. The van der Waals surface area contributed by atoms with Gasteiger partial charge in [-0.1, -0.05) is 5.11 Å². The molecule has 0 aliphatic carbocycles. The van der Waals surface area contributed by atoms with Crippen molar-refractivity contribution in [2.45, 2.75) is 51.5 Å². The molecule has 146 valence electrons. The van der Waals surface area contributed by atoms with E-state index in [1.54, 1.807) is 0 Å². The maximum absolute atomic E-state index is 11.5. The predicted molar refractivity (Wildman–Crippen MR) is 81.8 cm³/mol. The Morgan fingerprint density at radius 3 is 2.00 bits per heavy atom. The summed E-state index contributed by atoms with van der Waals surface area (Å²) < 4.78 is 25.4. The molecule has 1 fully saturated rings. The van der Waals surface area contributed by atoms with Crippen LogP contribution >= 0.6 is 8.60 Å².